The van der Waals surface area contributed by atoms with Gasteiger partial charge < -0.3 is 19.2 Å². The van der Waals surface area contributed by atoms with Crippen LogP contribution in [0.5, 0.6) is 5.75 Å². The van der Waals surface area contributed by atoms with Crippen molar-refractivity contribution < 1.29 is 27.9 Å². The molecule has 1 heterocycles. The van der Waals surface area contributed by atoms with Crippen LogP contribution in [0.15, 0.2) is 40.8 Å². The Morgan fingerprint density at radius 3 is 2.58 bits per heavy atom. The average Bonchev–Trinajstić information content (AvgIpc) is 3.02. The molecule has 1 aromatic heterocycles. The Morgan fingerprint density at radius 1 is 1.21 bits per heavy atom. The highest BCUT2D eigenvalue weighted by Crippen LogP contribution is 2.18. The van der Waals surface area contributed by atoms with Crippen molar-refractivity contribution in [3.8, 4) is 5.75 Å². The van der Waals surface area contributed by atoms with E-state index in [1.807, 2.05) is 0 Å². The van der Waals surface area contributed by atoms with Gasteiger partial charge in [0.05, 0.1) is 7.11 Å². The van der Waals surface area contributed by atoms with E-state index in [1.54, 1.807) is 18.2 Å². The Hall–Kier alpha value is -2.83. The minimum atomic E-state index is -1.19. The van der Waals surface area contributed by atoms with E-state index in [-0.39, 0.29) is 18.1 Å². The second-order valence-electron chi connectivity index (χ2n) is 5.56. The number of carbonyl (C=O) groups is 2. The lowest BCUT2D eigenvalue weighted by Crippen LogP contribution is -2.50. The molecule has 0 radical (unpaired) electrons. The molecule has 6 nitrogen and oxygen atoms in total. The highest BCUT2D eigenvalue weighted by Gasteiger charge is 2.31. The smallest absolute Gasteiger partial charge is 0.330 e. The van der Waals surface area contributed by atoms with Gasteiger partial charge in [0.1, 0.15) is 17.9 Å². The molecular formula is C17H18FNO5. The number of amides is 1. The summed E-state index contributed by atoms with van der Waals surface area (Å²) < 4.78 is 28.7. The molecule has 0 spiro atoms. The van der Waals surface area contributed by atoms with Crippen LogP contribution < -0.4 is 10.1 Å². The Kier molecular flexibility index (Phi) is 5.23. The fraction of sp³-hybridized carbons (Fsp3) is 0.294. The predicted molar refractivity (Wildman–Crippen MR) is 83.0 cm³/mol. The van der Waals surface area contributed by atoms with Crippen LogP contribution in [0.3, 0.4) is 0 Å². The van der Waals surface area contributed by atoms with Gasteiger partial charge in [0, 0.05) is 0 Å². The van der Waals surface area contributed by atoms with Crippen molar-refractivity contribution in [1.29, 1.82) is 0 Å². The summed E-state index contributed by atoms with van der Waals surface area (Å²) in [5.74, 6) is -1.18. The zero-order valence-corrected chi connectivity index (χ0v) is 13.6. The second kappa shape index (κ2) is 7.16. The number of esters is 1. The minimum Gasteiger partial charge on any atom is -0.483 e. The molecule has 1 aromatic carbocycles. The average molecular weight is 335 g/mol. The number of benzene rings is 1. The summed E-state index contributed by atoms with van der Waals surface area (Å²) in [7, 11) is 1.24. The lowest BCUT2D eigenvalue weighted by Gasteiger charge is -2.22. The number of methoxy groups -OCH3 is 1. The van der Waals surface area contributed by atoms with Crippen LogP contribution >= 0.6 is 0 Å². The fourth-order valence-corrected chi connectivity index (χ4v) is 1.94. The molecule has 0 aliphatic rings. The molecule has 2 rings (SSSR count). The molecule has 0 atom stereocenters. The third-order valence-corrected chi connectivity index (χ3v) is 3.21. The zero-order chi connectivity index (χ0) is 17.7. The molecule has 0 saturated carbocycles. The molecule has 0 bridgehead atoms. The third kappa shape index (κ3) is 4.13. The van der Waals surface area contributed by atoms with Crippen LogP contribution in [0.1, 0.15) is 30.2 Å². The maximum absolute atomic E-state index is 13.5. The van der Waals surface area contributed by atoms with E-state index in [0.717, 1.165) is 0 Å². The standard InChI is InChI=1S/C17H18FNO5/c1-17(2,16(21)22-3)19-15(20)14-9-8-11(24-14)10-23-13-7-5-4-6-12(13)18/h4-9H,10H2,1-3H3,(H,19,20). The van der Waals surface area contributed by atoms with Gasteiger partial charge in [-0.15, -0.1) is 0 Å². The Balaban J connectivity index is 1.99. The number of hydrogen-bond acceptors (Lipinski definition) is 5. The topological polar surface area (TPSA) is 77.8 Å². The first-order valence-corrected chi connectivity index (χ1v) is 7.20. The molecule has 128 valence electrons. The second-order valence-corrected chi connectivity index (χ2v) is 5.56. The Morgan fingerprint density at radius 2 is 1.92 bits per heavy atom. The number of nitrogens with one attached hydrogen (secondary N) is 1. The molecule has 0 aliphatic heterocycles. The molecule has 7 heteroatoms. The first kappa shape index (κ1) is 17.5. The molecule has 0 saturated heterocycles. The predicted octanol–water partition coefficient (Wildman–Crippen LogP) is 2.68. The van der Waals surface area contributed by atoms with E-state index in [4.69, 9.17) is 9.15 Å². The summed E-state index contributed by atoms with van der Waals surface area (Å²) in [5.41, 5.74) is -1.19. The molecule has 24 heavy (non-hydrogen) atoms. The highest BCUT2D eigenvalue weighted by atomic mass is 19.1. The van der Waals surface area contributed by atoms with Crippen LogP contribution in [-0.4, -0.2) is 24.5 Å². The first-order valence-electron chi connectivity index (χ1n) is 7.20. The van der Waals surface area contributed by atoms with Crippen LogP contribution in [0, 0.1) is 5.82 Å². The number of para-hydroxylation sites is 1. The van der Waals surface area contributed by atoms with Crippen molar-refractivity contribution >= 4 is 11.9 Å². The van der Waals surface area contributed by atoms with E-state index < -0.39 is 23.2 Å². The third-order valence-electron chi connectivity index (χ3n) is 3.21. The van der Waals surface area contributed by atoms with Crippen LogP contribution in [0.25, 0.3) is 0 Å². The molecule has 1 N–H and O–H groups in total. The van der Waals surface area contributed by atoms with Gasteiger partial charge in [-0.25, -0.2) is 9.18 Å². The van der Waals surface area contributed by atoms with Gasteiger partial charge >= 0.3 is 5.97 Å². The largest absolute Gasteiger partial charge is 0.483 e. The van der Waals surface area contributed by atoms with Crippen LogP contribution in [-0.2, 0) is 16.1 Å². The normalized spacial score (nSPS) is 11.0. The van der Waals surface area contributed by atoms with Gasteiger partial charge in [-0.05, 0) is 38.1 Å². The molecule has 0 unspecified atom stereocenters. The summed E-state index contributed by atoms with van der Waals surface area (Å²) in [6, 6.07) is 8.97. The van der Waals surface area contributed by atoms with Gasteiger partial charge in [0.15, 0.2) is 17.3 Å². The molecule has 0 aliphatic carbocycles. The monoisotopic (exact) mass is 335 g/mol. The van der Waals surface area contributed by atoms with Crippen molar-refractivity contribution in [2.24, 2.45) is 0 Å². The number of halogens is 1. The molecular weight excluding hydrogens is 317 g/mol. The Bertz CT molecular complexity index is 738. The number of carbonyl (C=O) groups excluding carboxylic acids is 2. The van der Waals surface area contributed by atoms with Gasteiger partial charge in [-0.1, -0.05) is 12.1 Å². The van der Waals surface area contributed by atoms with E-state index >= 15 is 0 Å². The summed E-state index contributed by atoms with van der Waals surface area (Å²) in [4.78, 5) is 23.7. The first-order chi connectivity index (χ1) is 11.3. The van der Waals surface area contributed by atoms with Crippen molar-refractivity contribution in [2.45, 2.75) is 26.0 Å². The van der Waals surface area contributed by atoms with E-state index in [9.17, 15) is 14.0 Å². The van der Waals surface area contributed by atoms with Crippen LogP contribution in [0.2, 0.25) is 0 Å². The van der Waals surface area contributed by atoms with E-state index in [2.05, 4.69) is 10.1 Å². The molecule has 0 fully saturated rings. The maximum atomic E-state index is 13.5. The number of furan rings is 1. The zero-order valence-electron chi connectivity index (χ0n) is 13.6. The van der Waals surface area contributed by atoms with Gasteiger partial charge in [0.25, 0.3) is 5.91 Å². The van der Waals surface area contributed by atoms with E-state index in [0.29, 0.717) is 5.76 Å². The maximum Gasteiger partial charge on any atom is 0.330 e. The van der Waals surface area contributed by atoms with Gasteiger partial charge in [-0.2, -0.15) is 0 Å². The number of rotatable bonds is 6. The summed E-state index contributed by atoms with van der Waals surface area (Å²) in [5, 5.41) is 2.51. The minimum absolute atomic E-state index is 0.0131. The lowest BCUT2D eigenvalue weighted by molar-refractivity contribution is -0.146. The quantitative estimate of drug-likeness (QED) is 0.821. The van der Waals surface area contributed by atoms with Crippen molar-refractivity contribution in [3.05, 3.63) is 53.7 Å². The van der Waals surface area contributed by atoms with Gasteiger partial charge in [0.2, 0.25) is 0 Å². The Labute approximate surface area is 138 Å². The molecule has 1 amide bonds. The lowest BCUT2D eigenvalue weighted by atomic mass is 10.1. The summed E-state index contributed by atoms with van der Waals surface area (Å²) >= 11 is 0. The number of ether oxygens (including phenoxy) is 2. The van der Waals surface area contributed by atoms with Crippen LogP contribution in [0.4, 0.5) is 4.39 Å². The highest BCUT2D eigenvalue weighted by molar-refractivity contribution is 5.95. The van der Waals surface area contributed by atoms with Crippen molar-refractivity contribution in [1.82, 2.24) is 5.32 Å². The van der Waals surface area contributed by atoms with E-state index in [1.165, 1.54) is 39.2 Å². The summed E-state index contributed by atoms with van der Waals surface area (Å²) in [6.45, 7) is 3.00. The summed E-state index contributed by atoms with van der Waals surface area (Å²) in [6.07, 6.45) is 0. The van der Waals surface area contributed by atoms with Gasteiger partial charge in [-0.3, -0.25) is 4.79 Å². The van der Waals surface area contributed by atoms with Crippen molar-refractivity contribution in [2.75, 3.05) is 7.11 Å². The SMILES string of the molecule is COC(=O)C(C)(C)NC(=O)c1ccc(COc2ccccc2F)o1. The molecule has 2 aromatic rings. The fourth-order valence-electron chi connectivity index (χ4n) is 1.94. The number of hydrogen-bond donors (Lipinski definition) is 1. The van der Waals surface area contributed by atoms with Crippen molar-refractivity contribution in [3.63, 3.8) is 0 Å².